The van der Waals surface area contributed by atoms with Crippen LogP contribution in [0.15, 0.2) is 10.7 Å². The predicted octanol–water partition coefficient (Wildman–Crippen LogP) is 0.826. The lowest BCUT2D eigenvalue weighted by molar-refractivity contribution is 0.0761. The fraction of sp³-hybridized carbons (Fsp3) is 0.636. The number of nitrogens with zero attached hydrogens (tertiary/aromatic N) is 2. The number of likely N-dealkylation sites (tertiary alicyclic amines) is 1. The van der Waals surface area contributed by atoms with Gasteiger partial charge in [0, 0.05) is 19.0 Å². The molecule has 0 bridgehead atoms. The lowest BCUT2D eigenvalue weighted by Crippen LogP contribution is -2.30. The van der Waals surface area contributed by atoms with Crippen molar-refractivity contribution in [2.24, 2.45) is 5.92 Å². The van der Waals surface area contributed by atoms with Crippen LogP contribution in [0.4, 0.5) is 0 Å². The molecule has 5 heteroatoms. The lowest BCUT2D eigenvalue weighted by Gasteiger charge is -2.16. The molecule has 1 amide bonds. The van der Waals surface area contributed by atoms with Crippen LogP contribution >= 0.6 is 0 Å². The van der Waals surface area contributed by atoms with Crippen molar-refractivity contribution >= 4 is 5.91 Å². The largest absolute Gasteiger partial charge is 0.393 e. The number of hydrogen-bond acceptors (Lipinski definition) is 4. The Kier molecular flexibility index (Phi) is 2.96. The molecule has 2 rings (SSSR count). The van der Waals surface area contributed by atoms with E-state index in [0.29, 0.717) is 24.4 Å². The number of carbonyl (C=O) groups excluding carboxylic acids is 1. The maximum Gasteiger partial charge on any atom is 0.259 e. The lowest BCUT2D eigenvalue weighted by atomic mass is 10.0. The van der Waals surface area contributed by atoms with Crippen LogP contribution < -0.4 is 0 Å². The molecule has 88 valence electrons. The Morgan fingerprint density at radius 3 is 3.00 bits per heavy atom. The van der Waals surface area contributed by atoms with E-state index in [1.54, 1.807) is 18.7 Å². The molecule has 2 heterocycles. The van der Waals surface area contributed by atoms with Gasteiger partial charge < -0.3 is 14.5 Å². The van der Waals surface area contributed by atoms with Gasteiger partial charge in [-0.15, -0.1) is 0 Å². The molecule has 1 saturated heterocycles. The van der Waals surface area contributed by atoms with Gasteiger partial charge >= 0.3 is 0 Å². The second-order valence-corrected chi connectivity index (χ2v) is 4.34. The zero-order valence-electron chi connectivity index (χ0n) is 9.51. The van der Waals surface area contributed by atoms with Crippen LogP contribution in [-0.4, -0.2) is 40.3 Å². The summed E-state index contributed by atoms with van der Waals surface area (Å²) in [7, 11) is 0. The first-order valence-corrected chi connectivity index (χ1v) is 5.48. The highest BCUT2D eigenvalue weighted by Crippen LogP contribution is 2.22. The van der Waals surface area contributed by atoms with Crippen molar-refractivity contribution in [2.45, 2.75) is 26.4 Å². The summed E-state index contributed by atoms with van der Waals surface area (Å²) >= 11 is 0. The van der Waals surface area contributed by atoms with E-state index in [9.17, 15) is 9.90 Å². The normalized spacial score (nSPS) is 22.4. The van der Waals surface area contributed by atoms with Crippen LogP contribution in [-0.2, 0) is 0 Å². The number of aliphatic hydroxyl groups excluding tert-OH is 1. The number of aryl methyl sites for hydroxylation is 1. The van der Waals surface area contributed by atoms with Crippen molar-refractivity contribution in [1.29, 1.82) is 0 Å². The van der Waals surface area contributed by atoms with E-state index < -0.39 is 0 Å². The predicted molar refractivity (Wildman–Crippen MR) is 56.9 cm³/mol. The Bertz CT molecular complexity index is 386. The van der Waals surface area contributed by atoms with Gasteiger partial charge in [0.2, 0.25) is 0 Å². The molecule has 1 aromatic heterocycles. The SMILES string of the molecule is Cc1oncc1C(=O)N1CCC(C(C)O)C1. The Labute approximate surface area is 94.0 Å². The maximum absolute atomic E-state index is 12.0. The summed E-state index contributed by atoms with van der Waals surface area (Å²) in [5, 5.41) is 13.1. The summed E-state index contributed by atoms with van der Waals surface area (Å²) < 4.78 is 4.87. The van der Waals surface area contributed by atoms with E-state index in [2.05, 4.69) is 5.16 Å². The highest BCUT2D eigenvalue weighted by molar-refractivity contribution is 5.94. The van der Waals surface area contributed by atoms with Crippen LogP contribution in [0, 0.1) is 12.8 Å². The molecule has 0 aliphatic carbocycles. The molecule has 16 heavy (non-hydrogen) atoms. The summed E-state index contributed by atoms with van der Waals surface area (Å²) in [6, 6.07) is 0. The van der Waals surface area contributed by atoms with Gasteiger partial charge in [0.25, 0.3) is 5.91 Å². The second kappa shape index (κ2) is 4.25. The van der Waals surface area contributed by atoms with Crippen LogP contribution in [0.2, 0.25) is 0 Å². The summed E-state index contributed by atoms with van der Waals surface area (Å²) in [6.07, 6.45) is 1.95. The van der Waals surface area contributed by atoms with E-state index in [0.717, 1.165) is 6.42 Å². The number of aromatic nitrogens is 1. The third-order valence-corrected chi connectivity index (χ3v) is 3.18. The molecule has 0 radical (unpaired) electrons. The Morgan fingerprint density at radius 2 is 2.50 bits per heavy atom. The van der Waals surface area contributed by atoms with Gasteiger partial charge in [0.05, 0.1) is 12.3 Å². The summed E-state index contributed by atoms with van der Waals surface area (Å²) in [5.41, 5.74) is 0.520. The van der Waals surface area contributed by atoms with Gasteiger partial charge in [0.1, 0.15) is 11.3 Å². The molecule has 1 aliphatic rings. The van der Waals surface area contributed by atoms with Crippen molar-refractivity contribution in [3.05, 3.63) is 17.5 Å². The molecule has 1 aromatic rings. The molecule has 2 unspecified atom stereocenters. The molecule has 1 N–H and O–H groups in total. The maximum atomic E-state index is 12.0. The fourth-order valence-electron chi connectivity index (χ4n) is 2.04. The van der Waals surface area contributed by atoms with Gasteiger partial charge in [-0.1, -0.05) is 5.16 Å². The number of rotatable bonds is 2. The highest BCUT2D eigenvalue weighted by atomic mass is 16.5. The molecule has 0 aromatic carbocycles. The first-order valence-electron chi connectivity index (χ1n) is 5.48. The molecule has 1 aliphatic heterocycles. The van der Waals surface area contributed by atoms with Gasteiger partial charge in [0.15, 0.2) is 0 Å². The van der Waals surface area contributed by atoms with Crippen molar-refractivity contribution < 1.29 is 14.4 Å². The van der Waals surface area contributed by atoms with Gasteiger partial charge in [-0.05, 0) is 20.3 Å². The molecule has 0 spiro atoms. The van der Waals surface area contributed by atoms with Crippen LogP contribution in [0.1, 0.15) is 29.5 Å². The van der Waals surface area contributed by atoms with Gasteiger partial charge in [-0.25, -0.2) is 0 Å². The summed E-state index contributed by atoms with van der Waals surface area (Å²) in [6.45, 7) is 4.80. The average molecular weight is 224 g/mol. The minimum absolute atomic E-state index is 0.0538. The summed E-state index contributed by atoms with van der Waals surface area (Å²) in [4.78, 5) is 13.8. The minimum atomic E-state index is -0.360. The van der Waals surface area contributed by atoms with E-state index in [1.165, 1.54) is 6.20 Å². The zero-order chi connectivity index (χ0) is 11.7. The van der Waals surface area contributed by atoms with Crippen molar-refractivity contribution in [3.63, 3.8) is 0 Å². The zero-order valence-corrected chi connectivity index (χ0v) is 9.51. The number of carbonyl (C=O) groups is 1. The second-order valence-electron chi connectivity index (χ2n) is 4.34. The molecule has 1 fully saturated rings. The van der Waals surface area contributed by atoms with Crippen molar-refractivity contribution in [1.82, 2.24) is 10.1 Å². The van der Waals surface area contributed by atoms with Crippen LogP contribution in [0.5, 0.6) is 0 Å². The van der Waals surface area contributed by atoms with Crippen LogP contribution in [0.25, 0.3) is 0 Å². The molecular formula is C11H16N2O3. The van der Waals surface area contributed by atoms with Gasteiger partial charge in [-0.2, -0.15) is 0 Å². The van der Waals surface area contributed by atoms with E-state index in [-0.39, 0.29) is 17.9 Å². The number of aliphatic hydroxyl groups is 1. The van der Waals surface area contributed by atoms with Gasteiger partial charge in [-0.3, -0.25) is 4.79 Å². The molecular weight excluding hydrogens is 208 g/mol. The third kappa shape index (κ3) is 1.95. The van der Waals surface area contributed by atoms with E-state index in [4.69, 9.17) is 4.52 Å². The van der Waals surface area contributed by atoms with E-state index >= 15 is 0 Å². The average Bonchev–Trinajstić information content (AvgIpc) is 2.84. The first kappa shape index (κ1) is 11.1. The number of amides is 1. The first-order chi connectivity index (χ1) is 7.59. The summed E-state index contributed by atoms with van der Waals surface area (Å²) in [5.74, 6) is 0.677. The third-order valence-electron chi connectivity index (χ3n) is 3.18. The fourth-order valence-corrected chi connectivity index (χ4v) is 2.04. The topological polar surface area (TPSA) is 66.6 Å². The molecule has 5 nitrogen and oxygen atoms in total. The van der Waals surface area contributed by atoms with E-state index in [1.807, 2.05) is 0 Å². The van der Waals surface area contributed by atoms with Crippen molar-refractivity contribution in [2.75, 3.05) is 13.1 Å². The molecule has 0 saturated carbocycles. The standard InChI is InChI=1S/C11H16N2O3/c1-7(14)9-3-4-13(6-9)11(15)10-5-12-16-8(10)2/h5,7,9,14H,3-4,6H2,1-2H3. The smallest absolute Gasteiger partial charge is 0.259 e. The quantitative estimate of drug-likeness (QED) is 0.807. The number of hydrogen-bond donors (Lipinski definition) is 1. The molecule has 2 atom stereocenters. The Balaban J connectivity index is 2.05. The Hall–Kier alpha value is -1.36. The highest BCUT2D eigenvalue weighted by Gasteiger charge is 2.30. The Morgan fingerprint density at radius 1 is 1.75 bits per heavy atom. The minimum Gasteiger partial charge on any atom is -0.393 e. The van der Waals surface area contributed by atoms with Crippen LogP contribution in [0.3, 0.4) is 0 Å². The van der Waals surface area contributed by atoms with Crippen molar-refractivity contribution in [3.8, 4) is 0 Å². The monoisotopic (exact) mass is 224 g/mol.